The van der Waals surface area contributed by atoms with Crippen molar-refractivity contribution in [3.8, 4) is 0 Å². The minimum atomic E-state index is -0.528. The van der Waals surface area contributed by atoms with Gasteiger partial charge < -0.3 is 10.2 Å². The Labute approximate surface area is 179 Å². The molecule has 0 spiro atoms. The van der Waals surface area contributed by atoms with Crippen LogP contribution in [-0.4, -0.2) is 28.4 Å². The van der Waals surface area contributed by atoms with Crippen molar-refractivity contribution >= 4 is 12.0 Å². The van der Waals surface area contributed by atoms with Crippen molar-refractivity contribution < 1.29 is 24.8 Å². The third-order valence-corrected chi connectivity index (χ3v) is 4.55. The van der Waals surface area contributed by atoms with Crippen molar-refractivity contribution in [2.45, 2.75) is 58.8 Å². The Kier molecular flexibility index (Phi) is 13.1. The number of aliphatic hydroxyl groups excluding tert-OH is 2. The number of carbonyl (C=O) groups excluding carboxylic acids is 1. The lowest BCUT2D eigenvalue weighted by atomic mass is 9.92. The predicted octanol–water partition coefficient (Wildman–Crippen LogP) is 4.93. The molecule has 5 nitrogen and oxygen atoms in total. The van der Waals surface area contributed by atoms with E-state index in [9.17, 15) is 15.0 Å². The molecule has 0 radical (unpaired) electrons. The molecule has 164 valence electrons. The minimum Gasteiger partial charge on any atom is -0.393 e. The van der Waals surface area contributed by atoms with Gasteiger partial charge in [0.15, 0.2) is 0 Å². The molecule has 0 aliphatic carbocycles. The van der Waals surface area contributed by atoms with Gasteiger partial charge in [0.25, 0.3) is 0 Å². The topological polar surface area (TPSA) is 76.0 Å². The Morgan fingerprint density at radius 1 is 0.967 bits per heavy atom. The molecular formula is C25H34O5. The van der Waals surface area contributed by atoms with Crippen molar-refractivity contribution in [2.75, 3.05) is 0 Å². The summed E-state index contributed by atoms with van der Waals surface area (Å²) in [6.07, 6.45) is 5.36. The van der Waals surface area contributed by atoms with E-state index in [4.69, 9.17) is 4.89 Å². The fourth-order valence-electron chi connectivity index (χ4n) is 2.81. The molecule has 5 heteroatoms. The van der Waals surface area contributed by atoms with Crippen LogP contribution in [0.3, 0.4) is 0 Å². The molecule has 0 amide bonds. The maximum atomic E-state index is 11.4. The largest absolute Gasteiger partial charge is 0.393 e. The van der Waals surface area contributed by atoms with Gasteiger partial charge in [-0.1, -0.05) is 80.4 Å². The first-order valence-electron chi connectivity index (χ1n) is 10.4. The van der Waals surface area contributed by atoms with Gasteiger partial charge in [-0.25, -0.2) is 4.79 Å². The highest BCUT2D eigenvalue weighted by molar-refractivity contribution is 5.86. The smallest absolute Gasteiger partial charge is 0.365 e. The summed E-state index contributed by atoms with van der Waals surface area (Å²) >= 11 is 0. The third-order valence-electron chi connectivity index (χ3n) is 4.55. The first-order chi connectivity index (χ1) is 14.4. The highest BCUT2D eigenvalue weighted by Crippen LogP contribution is 2.16. The molecule has 0 saturated carbocycles. The molecule has 0 aliphatic rings. The molecule has 3 atom stereocenters. The Bertz CT molecular complexity index is 703. The molecule has 2 aromatic rings. The number of hydrogen-bond donors (Lipinski definition) is 2. The molecule has 30 heavy (non-hydrogen) atoms. The maximum absolute atomic E-state index is 11.4. The molecular weight excluding hydrogens is 380 g/mol. The molecule has 0 fully saturated rings. The number of unbranched alkanes of at least 4 members (excludes halogenated alkanes) is 1. The van der Waals surface area contributed by atoms with E-state index in [-0.39, 0.29) is 24.7 Å². The highest BCUT2D eigenvalue weighted by Gasteiger charge is 2.19. The van der Waals surface area contributed by atoms with Crippen LogP contribution in [0, 0.1) is 5.92 Å². The normalized spacial score (nSPS) is 13.8. The SMILES string of the molecule is CCCCC([C@H](C)O)[C@@H](C)O.O=C(C=Cc1ccccc1)OOCc1ccccc1. The van der Waals surface area contributed by atoms with Gasteiger partial charge in [-0.15, -0.1) is 0 Å². The van der Waals surface area contributed by atoms with E-state index in [1.807, 2.05) is 60.7 Å². The Morgan fingerprint density at radius 3 is 2.07 bits per heavy atom. The summed E-state index contributed by atoms with van der Waals surface area (Å²) in [6, 6.07) is 19.0. The predicted molar refractivity (Wildman–Crippen MR) is 119 cm³/mol. The fourth-order valence-corrected chi connectivity index (χ4v) is 2.81. The number of rotatable bonds is 10. The molecule has 2 aromatic carbocycles. The van der Waals surface area contributed by atoms with E-state index >= 15 is 0 Å². The zero-order valence-corrected chi connectivity index (χ0v) is 18.1. The van der Waals surface area contributed by atoms with E-state index in [1.54, 1.807) is 19.9 Å². The van der Waals surface area contributed by atoms with Crippen LogP contribution in [0.2, 0.25) is 0 Å². The van der Waals surface area contributed by atoms with Gasteiger partial charge in [0, 0.05) is 12.0 Å². The van der Waals surface area contributed by atoms with Crippen molar-refractivity contribution in [2.24, 2.45) is 5.92 Å². The third kappa shape index (κ3) is 11.5. The number of benzene rings is 2. The molecule has 0 aromatic heterocycles. The molecule has 2 N–H and O–H groups in total. The monoisotopic (exact) mass is 414 g/mol. The quantitative estimate of drug-likeness (QED) is 0.328. The van der Waals surface area contributed by atoms with Gasteiger partial charge in [0.2, 0.25) is 0 Å². The zero-order valence-electron chi connectivity index (χ0n) is 18.1. The molecule has 0 saturated heterocycles. The van der Waals surface area contributed by atoms with Gasteiger partial charge in [-0.3, -0.25) is 4.89 Å². The summed E-state index contributed by atoms with van der Waals surface area (Å²) in [5.41, 5.74) is 1.88. The van der Waals surface area contributed by atoms with E-state index in [2.05, 4.69) is 11.8 Å². The number of hydrogen-bond acceptors (Lipinski definition) is 5. The summed E-state index contributed by atoms with van der Waals surface area (Å²) in [7, 11) is 0. The second kappa shape index (κ2) is 15.4. The first kappa shape index (κ1) is 25.6. The van der Waals surface area contributed by atoms with Crippen LogP contribution in [-0.2, 0) is 21.2 Å². The summed E-state index contributed by atoms with van der Waals surface area (Å²) < 4.78 is 0. The van der Waals surface area contributed by atoms with E-state index in [0.717, 1.165) is 30.4 Å². The molecule has 0 heterocycles. The van der Waals surface area contributed by atoms with Crippen LogP contribution in [0.1, 0.15) is 51.2 Å². The number of carbonyl (C=O) groups is 1. The standard InChI is InChI=1S/C16H14O3.C9H20O2/c17-16(12-11-14-7-3-1-4-8-14)19-18-13-15-9-5-2-6-10-15;1-4-5-6-9(7(2)10)8(3)11/h1-12H,13H2;7-11H,4-6H2,1-3H3/t;7-,8+,9?. The van der Waals surface area contributed by atoms with Gasteiger partial charge in [-0.05, 0) is 37.5 Å². The minimum absolute atomic E-state index is 0.0509. The van der Waals surface area contributed by atoms with Gasteiger partial charge >= 0.3 is 5.97 Å². The van der Waals surface area contributed by atoms with Gasteiger partial charge in [0.05, 0.1) is 12.2 Å². The van der Waals surface area contributed by atoms with E-state index < -0.39 is 5.97 Å². The van der Waals surface area contributed by atoms with Crippen LogP contribution >= 0.6 is 0 Å². The second-order valence-electron chi connectivity index (χ2n) is 7.18. The van der Waals surface area contributed by atoms with Crippen LogP contribution in [0.15, 0.2) is 66.7 Å². The lowest BCUT2D eigenvalue weighted by molar-refractivity contribution is -0.275. The Morgan fingerprint density at radius 2 is 1.53 bits per heavy atom. The molecule has 0 aliphatic heterocycles. The second-order valence-corrected chi connectivity index (χ2v) is 7.18. The van der Waals surface area contributed by atoms with E-state index in [0.29, 0.717) is 0 Å². The van der Waals surface area contributed by atoms with Crippen molar-refractivity contribution in [3.05, 3.63) is 77.9 Å². The van der Waals surface area contributed by atoms with Crippen LogP contribution in [0.25, 0.3) is 6.08 Å². The average molecular weight is 415 g/mol. The lowest BCUT2D eigenvalue weighted by Crippen LogP contribution is -2.27. The summed E-state index contributed by atoms with van der Waals surface area (Å²) in [6.45, 7) is 5.84. The van der Waals surface area contributed by atoms with E-state index in [1.165, 1.54) is 6.08 Å². The molecule has 2 rings (SSSR count). The van der Waals surface area contributed by atoms with Gasteiger partial charge in [-0.2, -0.15) is 4.89 Å². The fraction of sp³-hybridized carbons (Fsp3) is 0.400. The number of aliphatic hydroxyl groups is 2. The summed E-state index contributed by atoms with van der Waals surface area (Å²) in [4.78, 5) is 20.9. The van der Waals surface area contributed by atoms with Crippen molar-refractivity contribution in [1.82, 2.24) is 0 Å². The Hall–Kier alpha value is -2.47. The molecule has 0 bridgehead atoms. The van der Waals surface area contributed by atoms with Crippen molar-refractivity contribution in [3.63, 3.8) is 0 Å². The van der Waals surface area contributed by atoms with Crippen molar-refractivity contribution in [1.29, 1.82) is 0 Å². The van der Waals surface area contributed by atoms with Crippen LogP contribution < -0.4 is 0 Å². The molecule has 1 unspecified atom stereocenters. The average Bonchev–Trinajstić information content (AvgIpc) is 2.74. The first-order valence-corrected chi connectivity index (χ1v) is 10.4. The van der Waals surface area contributed by atoms with Crippen LogP contribution in [0.5, 0.6) is 0 Å². The zero-order chi connectivity index (χ0) is 22.2. The van der Waals surface area contributed by atoms with Gasteiger partial charge in [0.1, 0.15) is 6.61 Å². The lowest BCUT2D eigenvalue weighted by Gasteiger charge is -2.22. The van der Waals surface area contributed by atoms with Crippen LogP contribution in [0.4, 0.5) is 0 Å². The summed E-state index contributed by atoms with van der Waals surface area (Å²) in [5.74, 6) is -0.477. The maximum Gasteiger partial charge on any atom is 0.365 e. The Balaban J connectivity index is 0.000000352. The highest BCUT2D eigenvalue weighted by atomic mass is 17.2. The summed E-state index contributed by atoms with van der Waals surface area (Å²) in [5, 5.41) is 18.5.